The Balaban J connectivity index is 1.92. The van der Waals surface area contributed by atoms with E-state index in [4.69, 9.17) is 10.00 Å². The molecule has 2 aromatic rings. The van der Waals surface area contributed by atoms with Crippen molar-refractivity contribution in [2.45, 2.75) is 13.2 Å². The molecule has 0 aliphatic carbocycles. The molecule has 0 atom stereocenters. The van der Waals surface area contributed by atoms with E-state index in [0.717, 1.165) is 22.7 Å². The lowest BCUT2D eigenvalue weighted by molar-refractivity contribution is 0.281. The average molecular weight is 281 g/mol. The van der Waals surface area contributed by atoms with Crippen LogP contribution in [-0.4, -0.2) is 23.2 Å². The van der Waals surface area contributed by atoms with E-state index in [1.165, 1.54) is 0 Å². The lowest BCUT2D eigenvalue weighted by Gasteiger charge is -2.21. The molecule has 1 aliphatic heterocycles. The van der Waals surface area contributed by atoms with E-state index in [-0.39, 0.29) is 6.61 Å². The van der Waals surface area contributed by atoms with Crippen molar-refractivity contribution in [3.8, 4) is 11.8 Å². The third-order valence-corrected chi connectivity index (χ3v) is 3.49. The zero-order chi connectivity index (χ0) is 14.7. The van der Waals surface area contributed by atoms with Crippen molar-refractivity contribution < 1.29 is 9.84 Å². The molecule has 1 aromatic heterocycles. The molecule has 106 valence electrons. The number of hydrogen-bond donors (Lipinski definition) is 1. The first-order valence-electron chi connectivity index (χ1n) is 6.77. The summed E-state index contributed by atoms with van der Waals surface area (Å²) in [6.45, 7) is 1.91. The summed E-state index contributed by atoms with van der Waals surface area (Å²) in [5, 5.41) is 18.3. The molecule has 0 saturated heterocycles. The monoisotopic (exact) mass is 281 g/mol. The zero-order valence-corrected chi connectivity index (χ0v) is 11.5. The summed E-state index contributed by atoms with van der Waals surface area (Å²) < 4.78 is 5.74. The Kier molecular flexibility index (Phi) is 3.71. The van der Waals surface area contributed by atoms with Crippen LogP contribution in [0, 0.1) is 11.3 Å². The van der Waals surface area contributed by atoms with Crippen LogP contribution in [0.4, 0.5) is 5.82 Å². The van der Waals surface area contributed by atoms with Crippen LogP contribution in [0.25, 0.3) is 0 Å². The minimum atomic E-state index is 0.00937. The molecule has 0 radical (unpaired) electrons. The summed E-state index contributed by atoms with van der Waals surface area (Å²) in [6, 6.07) is 11.3. The van der Waals surface area contributed by atoms with Gasteiger partial charge in [0, 0.05) is 18.3 Å². The Hall–Kier alpha value is -2.58. The molecule has 1 aromatic carbocycles. The van der Waals surface area contributed by atoms with Gasteiger partial charge in [0.25, 0.3) is 0 Å². The lowest BCUT2D eigenvalue weighted by atomic mass is 10.1. The molecule has 0 fully saturated rings. The number of nitrogens with zero attached hydrogens (tertiary/aromatic N) is 3. The van der Waals surface area contributed by atoms with E-state index >= 15 is 0 Å². The van der Waals surface area contributed by atoms with Crippen LogP contribution in [-0.2, 0) is 13.2 Å². The number of hydrogen-bond acceptors (Lipinski definition) is 5. The number of aromatic nitrogens is 1. The summed E-state index contributed by atoms with van der Waals surface area (Å²) >= 11 is 0. The quantitative estimate of drug-likeness (QED) is 0.909. The second-order valence-corrected chi connectivity index (χ2v) is 4.88. The Bertz CT molecular complexity index is 694. The van der Waals surface area contributed by atoms with Gasteiger partial charge in [0.15, 0.2) is 0 Å². The summed E-state index contributed by atoms with van der Waals surface area (Å²) in [7, 11) is 0. The number of fused-ring (bicyclic) bond motifs is 1. The molecule has 5 nitrogen and oxygen atoms in total. The maximum absolute atomic E-state index is 9.26. The maximum atomic E-state index is 9.26. The van der Waals surface area contributed by atoms with Gasteiger partial charge in [-0.05, 0) is 29.8 Å². The minimum absolute atomic E-state index is 0.00937. The average Bonchev–Trinajstić information content (AvgIpc) is 2.76. The van der Waals surface area contributed by atoms with Gasteiger partial charge < -0.3 is 14.7 Å². The van der Waals surface area contributed by atoms with Gasteiger partial charge in [-0.1, -0.05) is 6.07 Å². The van der Waals surface area contributed by atoms with Crippen molar-refractivity contribution in [1.82, 2.24) is 4.98 Å². The van der Waals surface area contributed by atoms with Crippen LogP contribution < -0.4 is 9.64 Å². The fraction of sp³-hybridized carbons (Fsp3) is 0.250. The van der Waals surface area contributed by atoms with Gasteiger partial charge in [-0.3, -0.25) is 0 Å². The highest BCUT2D eigenvalue weighted by Crippen LogP contribution is 2.26. The number of anilines is 1. The molecular formula is C16H15N3O2. The molecule has 5 heteroatoms. The van der Waals surface area contributed by atoms with Crippen LogP contribution in [0.5, 0.6) is 5.75 Å². The van der Waals surface area contributed by atoms with Crippen LogP contribution in [0.15, 0.2) is 36.5 Å². The van der Waals surface area contributed by atoms with Gasteiger partial charge in [-0.15, -0.1) is 0 Å². The van der Waals surface area contributed by atoms with Gasteiger partial charge in [0.1, 0.15) is 18.2 Å². The molecule has 0 unspecified atom stereocenters. The Morgan fingerprint density at radius 1 is 1.33 bits per heavy atom. The molecule has 1 aliphatic rings. The first-order valence-corrected chi connectivity index (χ1v) is 6.77. The van der Waals surface area contributed by atoms with Crippen LogP contribution >= 0.6 is 0 Å². The SMILES string of the molecule is N#Cc1ccnc(N2CCOc3ccc(CO)cc3C2)c1. The number of rotatable bonds is 2. The smallest absolute Gasteiger partial charge is 0.130 e. The Morgan fingerprint density at radius 2 is 2.24 bits per heavy atom. The zero-order valence-electron chi connectivity index (χ0n) is 11.5. The van der Waals surface area contributed by atoms with E-state index < -0.39 is 0 Å². The van der Waals surface area contributed by atoms with Crippen molar-refractivity contribution in [3.63, 3.8) is 0 Å². The first-order chi connectivity index (χ1) is 10.3. The second kappa shape index (κ2) is 5.81. The standard InChI is InChI=1S/C16H15N3O2/c17-9-12-3-4-18-16(8-12)19-5-6-21-15-2-1-13(11-20)7-14(15)10-19/h1-4,7-8,20H,5-6,10-11H2. The van der Waals surface area contributed by atoms with Gasteiger partial charge in [-0.2, -0.15) is 5.26 Å². The van der Waals surface area contributed by atoms with Crippen molar-refractivity contribution >= 4 is 5.82 Å². The van der Waals surface area contributed by atoms with Crippen molar-refractivity contribution in [2.24, 2.45) is 0 Å². The van der Waals surface area contributed by atoms with E-state index in [2.05, 4.69) is 16.0 Å². The van der Waals surface area contributed by atoms with Gasteiger partial charge in [0.05, 0.1) is 24.8 Å². The van der Waals surface area contributed by atoms with Gasteiger partial charge in [0.2, 0.25) is 0 Å². The number of aliphatic hydroxyl groups excluding tert-OH is 1. The Labute approximate surface area is 123 Å². The number of nitriles is 1. The highest BCUT2D eigenvalue weighted by molar-refractivity contribution is 5.48. The van der Waals surface area contributed by atoms with Crippen LogP contribution in [0.3, 0.4) is 0 Å². The van der Waals surface area contributed by atoms with Crippen molar-refractivity contribution in [3.05, 3.63) is 53.2 Å². The molecule has 0 bridgehead atoms. The largest absolute Gasteiger partial charge is 0.491 e. The van der Waals surface area contributed by atoms with Gasteiger partial charge >= 0.3 is 0 Å². The molecule has 0 spiro atoms. The molecule has 2 heterocycles. The molecule has 0 saturated carbocycles. The topological polar surface area (TPSA) is 69.4 Å². The van der Waals surface area contributed by atoms with E-state index in [1.54, 1.807) is 18.3 Å². The fourth-order valence-electron chi connectivity index (χ4n) is 2.40. The third kappa shape index (κ3) is 2.81. The Morgan fingerprint density at radius 3 is 3.05 bits per heavy atom. The predicted octanol–water partition coefficient (Wildman–Crippen LogP) is 1.84. The minimum Gasteiger partial charge on any atom is -0.491 e. The number of aliphatic hydroxyl groups is 1. The number of benzene rings is 1. The highest BCUT2D eigenvalue weighted by atomic mass is 16.5. The highest BCUT2D eigenvalue weighted by Gasteiger charge is 2.17. The van der Waals surface area contributed by atoms with Crippen molar-refractivity contribution in [2.75, 3.05) is 18.1 Å². The van der Waals surface area contributed by atoms with E-state index in [0.29, 0.717) is 25.3 Å². The fourth-order valence-corrected chi connectivity index (χ4v) is 2.40. The van der Waals surface area contributed by atoms with Crippen molar-refractivity contribution in [1.29, 1.82) is 5.26 Å². The van der Waals surface area contributed by atoms with E-state index in [1.807, 2.05) is 18.2 Å². The number of pyridine rings is 1. The third-order valence-electron chi connectivity index (χ3n) is 3.49. The first kappa shape index (κ1) is 13.4. The normalized spacial score (nSPS) is 13.8. The lowest BCUT2D eigenvalue weighted by Crippen LogP contribution is -2.26. The molecular weight excluding hydrogens is 266 g/mol. The summed E-state index contributed by atoms with van der Waals surface area (Å²) in [5.74, 6) is 1.60. The molecule has 3 rings (SSSR count). The summed E-state index contributed by atoms with van der Waals surface area (Å²) in [4.78, 5) is 6.42. The maximum Gasteiger partial charge on any atom is 0.130 e. The molecule has 21 heavy (non-hydrogen) atoms. The summed E-state index contributed by atoms with van der Waals surface area (Å²) in [6.07, 6.45) is 1.64. The molecule has 1 N–H and O–H groups in total. The van der Waals surface area contributed by atoms with Crippen LogP contribution in [0.1, 0.15) is 16.7 Å². The number of ether oxygens (including phenoxy) is 1. The second-order valence-electron chi connectivity index (χ2n) is 4.88. The van der Waals surface area contributed by atoms with Gasteiger partial charge in [-0.25, -0.2) is 4.98 Å². The van der Waals surface area contributed by atoms with Crippen LogP contribution in [0.2, 0.25) is 0 Å². The predicted molar refractivity (Wildman–Crippen MR) is 77.9 cm³/mol. The molecule has 0 amide bonds. The summed E-state index contributed by atoms with van der Waals surface area (Å²) in [5.41, 5.74) is 2.47. The van der Waals surface area contributed by atoms with E-state index in [9.17, 15) is 5.11 Å².